The Kier molecular flexibility index (Phi) is 3.94. The summed E-state index contributed by atoms with van der Waals surface area (Å²) in [5, 5.41) is 7.95. The van der Waals surface area contributed by atoms with Crippen molar-refractivity contribution in [3.63, 3.8) is 0 Å². The number of hydrogen-bond donors (Lipinski definition) is 1. The Morgan fingerprint density at radius 3 is 2.89 bits per heavy atom. The Morgan fingerprint density at radius 2 is 2.17 bits per heavy atom. The van der Waals surface area contributed by atoms with Crippen LogP contribution >= 0.6 is 0 Å². The summed E-state index contributed by atoms with van der Waals surface area (Å²) in [6.45, 7) is 3.34. The van der Waals surface area contributed by atoms with E-state index in [1.54, 1.807) is 0 Å². The van der Waals surface area contributed by atoms with Crippen LogP contribution in [0.1, 0.15) is 17.0 Å². The summed E-state index contributed by atoms with van der Waals surface area (Å²) < 4.78 is 5.51. The maximum Gasteiger partial charge on any atom is 0.318 e. The standard InChI is InChI=1S/C13H18N4O/c1-10-4-3-5-11(8-10)9-17(2)13-16-15-12(18-13)6-7-14/h3-5,8H,6-7,9,14H2,1-2H3. The van der Waals surface area contributed by atoms with Gasteiger partial charge in [-0.1, -0.05) is 34.9 Å². The molecule has 1 heterocycles. The number of anilines is 1. The molecule has 0 spiro atoms. The third-order valence-electron chi connectivity index (χ3n) is 2.64. The molecule has 5 heteroatoms. The molecule has 0 unspecified atom stereocenters. The van der Waals surface area contributed by atoms with Crippen LogP contribution in [0, 0.1) is 6.92 Å². The molecule has 2 aromatic rings. The second-order valence-electron chi connectivity index (χ2n) is 4.36. The highest BCUT2D eigenvalue weighted by atomic mass is 16.4. The maximum atomic E-state index is 5.51. The molecule has 5 nitrogen and oxygen atoms in total. The van der Waals surface area contributed by atoms with Gasteiger partial charge in [-0.25, -0.2) is 0 Å². The second-order valence-corrected chi connectivity index (χ2v) is 4.36. The Balaban J connectivity index is 2.04. The summed E-state index contributed by atoms with van der Waals surface area (Å²) in [5.74, 6) is 0.587. The van der Waals surface area contributed by atoms with Gasteiger partial charge in [0.1, 0.15) is 0 Å². The minimum Gasteiger partial charge on any atom is -0.408 e. The highest BCUT2D eigenvalue weighted by Crippen LogP contribution is 2.14. The lowest BCUT2D eigenvalue weighted by Crippen LogP contribution is -2.16. The molecular formula is C13H18N4O. The van der Waals surface area contributed by atoms with Crippen molar-refractivity contribution in [2.45, 2.75) is 19.9 Å². The Hall–Kier alpha value is -1.88. The molecule has 0 saturated carbocycles. The molecule has 0 atom stereocenters. The molecule has 18 heavy (non-hydrogen) atoms. The minimum atomic E-state index is 0.517. The van der Waals surface area contributed by atoms with Crippen LogP contribution in [0.4, 0.5) is 6.01 Å². The van der Waals surface area contributed by atoms with Gasteiger partial charge in [-0.05, 0) is 12.5 Å². The SMILES string of the molecule is Cc1cccc(CN(C)c2nnc(CCN)o2)c1. The molecule has 1 aromatic carbocycles. The van der Waals surface area contributed by atoms with E-state index in [9.17, 15) is 0 Å². The third kappa shape index (κ3) is 3.07. The molecular weight excluding hydrogens is 228 g/mol. The van der Waals surface area contributed by atoms with Crippen molar-refractivity contribution in [1.29, 1.82) is 0 Å². The van der Waals surface area contributed by atoms with Crippen molar-refractivity contribution in [2.24, 2.45) is 5.73 Å². The van der Waals surface area contributed by atoms with E-state index in [0.717, 1.165) is 6.54 Å². The van der Waals surface area contributed by atoms with Gasteiger partial charge in [0, 0.05) is 26.6 Å². The van der Waals surface area contributed by atoms with Crippen LogP contribution in [0.3, 0.4) is 0 Å². The molecule has 0 amide bonds. The fourth-order valence-corrected chi connectivity index (χ4v) is 1.78. The van der Waals surface area contributed by atoms with Crippen LogP contribution in [0.2, 0.25) is 0 Å². The van der Waals surface area contributed by atoms with E-state index in [2.05, 4.69) is 35.3 Å². The number of nitrogens with zero attached hydrogens (tertiary/aromatic N) is 3. The van der Waals surface area contributed by atoms with Crippen LogP contribution < -0.4 is 10.6 Å². The zero-order chi connectivity index (χ0) is 13.0. The predicted octanol–water partition coefficient (Wildman–Crippen LogP) is 1.52. The average molecular weight is 246 g/mol. The fourth-order valence-electron chi connectivity index (χ4n) is 1.78. The lowest BCUT2D eigenvalue weighted by molar-refractivity contribution is 0.489. The largest absolute Gasteiger partial charge is 0.408 e. The smallest absolute Gasteiger partial charge is 0.318 e. The van der Waals surface area contributed by atoms with Gasteiger partial charge in [0.25, 0.3) is 0 Å². The Bertz CT molecular complexity index is 509. The first-order valence-electron chi connectivity index (χ1n) is 5.98. The molecule has 0 aliphatic rings. The van der Waals surface area contributed by atoms with E-state index < -0.39 is 0 Å². The Labute approximate surface area is 107 Å². The molecule has 0 fully saturated rings. The van der Waals surface area contributed by atoms with Crippen LogP contribution in [0.25, 0.3) is 0 Å². The molecule has 0 aliphatic carbocycles. The predicted molar refractivity (Wildman–Crippen MR) is 70.3 cm³/mol. The van der Waals surface area contributed by atoms with Gasteiger partial charge in [0.2, 0.25) is 5.89 Å². The normalized spacial score (nSPS) is 10.6. The molecule has 0 bridgehead atoms. The number of aromatic nitrogens is 2. The van der Waals surface area contributed by atoms with Crippen molar-refractivity contribution in [2.75, 3.05) is 18.5 Å². The van der Waals surface area contributed by atoms with Crippen molar-refractivity contribution in [3.05, 3.63) is 41.3 Å². The highest BCUT2D eigenvalue weighted by Gasteiger charge is 2.10. The number of aryl methyl sites for hydroxylation is 1. The van der Waals surface area contributed by atoms with E-state index >= 15 is 0 Å². The van der Waals surface area contributed by atoms with E-state index in [-0.39, 0.29) is 0 Å². The molecule has 0 saturated heterocycles. The van der Waals surface area contributed by atoms with Crippen LogP contribution in [-0.4, -0.2) is 23.8 Å². The van der Waals surface area contributed by atoms with Crippen molar-refractivity contribution in [1.82, 2.24) is 10.2 Å². The summed E-state index contributed by atoms with van der Waals surface area (Å²) in [6, 6.07) is 8.88. The number of rotatable bonds is 5. The average Bonchev–Trinajstić information content (AvgIpc) is 2.78. The van der Waals surface area contributed by atoms with Crippen molar-refractivity contribution < 1.29 is 4.42 Å². The van der Waals surface area contributed by atoms with Crippen LogP contribution in [0.5, 0.6) is 0 Å². The summed E-state index contributed by atoms with van der Waals surface area (Å²) in [6.07, 6.45) is 0.616. The summed E-state index contributed by atoms with van der Waals surface area (Å²) >= 11 is 0. The first kappa shape index (κ1) is 12.6. The second kappa shape index (κ2) is 5.64. The van der Waals surface area contributed by atoms with Gasteiger partial charge < -0.3 is 15.1 Å². The quantitative estimate of drug-likeness (QED) is 0.866. The number of nitrogens with two attached hydrogens (primary N) is 1. The lowest BCUT2D eigenvalue weighted by Gasteiger charge is -2.14. The van der Waals surface area contributed by atoms with Gasteiger partial charge in [-0.2, -0.15) is 0 Å². The third-order valence-corrected chi connectivity index (χ3v) is 2.64. The lowest BCUT2D eigenvalue weighted by atomic mass is 10.1. The molecule has 2 N–H and O–H groups in total. The molecule has 0 aliphatic heterocycles. The van der Waals surface area contributed by atoms with Gasteiger partial charge in [0.05, 0.1) is 0 Å². The van der Waals surface area contributed by atoms with Crippen LogP contribution in [0.15, 0.2) is 28.7 Å². The van der Waals surface area contributed by atoms with Gasteiger partial charge in [0.15, 0.2) is 0 Å². The topological polar surface area (TPSA) is 68.2 Å². The van der Waals surface area contributed by atoms with E-state index in [4.69, 9.17) is 10.2 Å². The Morgan fingerprint density at radius 1 is 1.33 bits per heavy atom. The maximum absolute atomic E-state index is 5.51. The van der Waals surface area contributed by atoms with Crippen LogP contribution in [-0.2, 0) is 13.0 Å². The van der Waals surface area contributed by atoms with Crippen molar-refractivity contribution in [3.8, 4) is 0 Å². The van der Waals surface area contributed by atoms with Crippen molar-refractivity contribution >= 4 is 6.01 Å². The first-order valence-corrected chi connectivity index (χ1v) is 5.98. The van der Waals surface area contributed by atoms with Gasteiger partial charge >= 0.3 is 6.01 Å². The first-order chi connectivity index (χ1) is 8.69. The van der Waals surface area contributed by atoms with Gasteiger partial charge in [-0.15, -0.1) is 5.10 Å². The monoisotopic (exact) mass is 246 g/mol. The summed E-state index contributed by atoms with van der Waals surface area (Å²) in [5.41, 5.74) is 7.91. The van der Waals surface area contributed by atoms with E-state index in [0.29, 0.717) is 24.9 Å². The molecule has 96 valence electrons. The van der Waals surface area contributed by atoms with E-state index in [1.807, 2.05) is 18.0 Å². The van der Waals surface area contributed by atoms with E-state index in [1.165, 1.54) is 11.1 Å². The fraction of sp³-hybridized carbons (Fsp3) is 0.385. The highest BCUT2D eigenvalue weighted by molar-refractivity contribution is 5.29. The molecule has 1 aromatic heterocycles. The summed E-state index contributed by atoms with van der Waals surface area (Å²) in [7, 11) is 1.93. The zero-order valence-electron chi connectivity index (χ0n) is 10.8. The number of hydrogen-bond acceptors (Lipinski definition) is 5. The minimum absolute atomic E-state index is 0.517. The molecule has 2 rings (SSSR count). The zero-order valence-corrected chi connectivity index (χ0v) is 10.8. The molecule has 0 radical (unpaired) electrons. The number of benzene rings is 1. The summed E-state index contributed by atoms with van der Waals surface area (Å²) in [4.78, 5) is 1.93. The van der Waals surface area contributed by atoms with Gasteiger partial charge in [-0.3, -0.25) is 0 Å².